The van der Waals surface area contributed by atoms with Gasteiger partial charge in [-0.15, -0.1) is 5.10 Å². The molecule has 2 atom stereocenters. The van der Waals surface area contributed by atoms with Crippen LogP contribution in [0.15, 0.2) is 46.6 Å². The lowest BCUT2D eigenvalue weighted by atomic mass is 10.0. The van der Waals surface area contributed by atoms with E-state index in [0.29, 0.717) is 11.6 Å². The van der Waals surface area contributed by atoms with Gasteiger partial charge in [-0.1, -0.05) is 62.0 Å². The van der Waals surface area contributed by atoms with Gasteiger partial charge in [0.15, 0.2) is 5.17 Å². The van der Waals surface area contributed by atoms with E-state index >= 15 is 0 Å². The fourth-order valence-electron chi connectivity index (χ4n) is 2.54. The highest BCUT2D eigenvalue weighted by atomic mass is 32.2. The van der Waals surface area contributed by atoms with Gasteiger partial charge >= 0.3 is 5.97 Å². The van der Waals surface area contributed by atoms with Crippen molar-refractivity contribution in [3.63, 3.8) is 0 Å². The van der Waals surface area contributed by atoms with Crippen LogP contribution in [0, 0.1) is 5.92 Å². The molecule has 1 fully saturated rings. The number of rotatable bonds is 9. The number of carbonyl (C=O) groups is 3. The lowest BCUT2D eigenvalue weighted by molar-refractivity contribution is -0.142. The molecule has 154 valence electrons. The van der Waals surface area contributed by atoms with Gasteiger partial charge in [-0.05, 0) is 24.0 Å². The molecule has 9 heteroatoms. The topological polar surface area (TPSA) is 120 Å². The van der Waals surface area contributed by atoms with Gasteiger partial charge in [-0.2, -0.15) is 5.10 Å². The van der Waals surface area contributed by atoms with Crippen molar-refractivity contribution in [3.8, 4) is 0 Å². The number of hydrogen-bond acceptors (Lipinski definition) is 6. The zero-order chi connectivity index (χ0) is 21.2. The Morgan fingerprint density at radius 3 is 2.69 bits per heavy atom. The summed E-state index contributed by atoms with van der Waals surface area (Å²) < 4.78 is 0. The fraction of sp³-hybridized carbons (Fsp3) is 0.350. The number of allylic oxidation sites excluding steroid dienone is 1. The number of carboxylic acid groups (broad SMARTS) is 1. The summed E-state index contributed by atoms with van der Waals surface area (Å²) in [6.07, 6.45) is 5.29. The van der Waals surface area contributed by atoms with Crippen molar-refractivity contribution < 1.29 is 19.5 Å². The van der Waals surface area contributed by atoms with E-state index in [1.54, 1.807) is 6.08 Å². The van der Waals surface area contributed by atoms with Crippen LogP contribution in [0.1, 0.15) is 32.3 Å². The number of benzene rings is 1. The summed E-state index contributed by atoms with van der Waals surface area (Å²) >= 11 is 1.09. The molecule has 8 nitrogen and oxygen atoms in total. The molecule has 1 aliphatic rings. The van der Waals surface area contributed by atoms with Crippen molar-refractivity contribution in [1.82, 2.24) is 10.6 Å². The summed E-state index contributed by atoms with van der Waals surface area (Å²) in [5, 5.41) is 21.7. The minimum absolute atomic E-state index is 0.119. The Labute approximate surface area is 173 Å². The number of carboxylic acids is 1. The fourth-order valence-corrected chi connectivity index (χ4v) is 3.47. The first-order valence-electron chi connectivity index (χ1n) is 9.17. The average molecular weight is 417 g/mol. The summed E-state index contributed by atoms with van der Waals surface area (Å²) in [5.74, 6) is -1.81. The van der Waals surface area contributed by atoms with Crippen molar-refractivity contribution in [3.05, 3.63) is 42.0 Å². The number of nitrogens with one attached hydrogen (secondary N) is 2. The Morgan fingerprint density at radius 1 is 1.31 bits per heavy atom. The van der Waals surface area contributed by atoms with Gasteiger partial charge in [-0.25, -0.2) is 4.79 Å². The summed E-state index contributed by atoms with van der Waals surface area (Å²) in [6.45, 7) is 3.75. The van der Waals surface area contributed by atoms with Gasteiger partial charge in [0.05, 0.1) is 0 Å². The Kier molecular flexibility index (Phi) is 8.60. The quantitative estimate of drug-likeness (QED) is 0.421. The third-order valence-corrected chi connectivity index (χ3v) is 4.95. The van der Waals surface area contributed by atoms with Crippen LogP contribution in [-0.2, 0) is 14.4 Å². The largest absolute Gasteiger partial charge is 0.480 e. The van der Waals surface area contributed by atoms with E-state index in [2.05, 4.69) is 20.8 Å². The second-order valence-corrected chi connectivity index (χ2v) is 8.02. The van der Waals surface area contributed by atoms with Gasteiger partial charge in [0.1, 0.15) is 11.3 Å². The van der Waals surface area contributed by atoms with Gasteiger partial charge in [-0.3, -0.25) is 9.59 Å². The van der Waals surface area contributed by atoms with Gasteiger partial charge in [0, 0.05) is 12.6 Å². The third kappa shape index (κ3) is 7.90. The van der Waals surface area contributed by atoms with Crippen LogP contribution in [0.5, 0.6) is 0 Å². The van der Waals surface area contributed by atoms with Crippen molar-refractivity contribution in [2.75, 3.05) is 0 Å². The summed E-state index contributed by atoms with van der Waals surface area (Å²) in [6, 6.07) is 8.73. The standard InChI is InChI=1S/C20H24N4O4S/c1-13(2)11-15(19(27)28)22-17(25)12-16-18(26)23-20(29-16)24-21-10-6-9-14-7-4-3-5-8-14/h3-10,13,15-16H,11-12H2,1-2H3,(H,22,25)(H,27,28)(H,23,24,26)/b9-6+,21-10-/t15-,16+/m1/s1. The predicted molar refractivity (Wildman–Crippen MR) is 115 cm³/mol. The van der Waals surface area contributed by atoms with Crippen LogP contribution in [0.2, 0.25) is 0 Å². The Hall–Kier alpha value is -2.94. The maximum Gasteiger partial charge on any atom is 0.326 e. The zero-order valence-electron chi connectivity index (χ0n) is 16.2. The molecule has 0 saturated carbocycles. The number of thioether (sulfide) groups is 1. The van der Waals surface area contributed by atoms with Crippen LogP contribution < -0.4 is 10.6 Å². The normalized spacial score (nSPS) is 19.2. The van der Waals surface area contributed by atoms with E-state index in [0.717, 1.165) is 17.3 Å². The van der Waals surface area contributed by atoms with E-state index in [9.17, 15) is 19.5 Å². The lowest BCUT2D eigenvalue weighted by Gasteiger charge is -2.17. The van der Waals surface area contributed by atoms with Crippen LogP contribution in [0.3, 0.4) is 0 Å². The zero-order valence-corrected chi connectivity index (χ0v) is 17.1. The summed E-state index contributed by atoms with van der Waals surface area (Å²) in [5.41, 5.74) is 1.03. The summed E-state index contributed by atoms with van der Waals surface area (Å²) in [7, 11) is 0. The number of hydrogen-bond donors (Lipinski definition) is 3. The number of nitrogens with zero attached hydrogens (tertiary/aromatic N) is 2. The molecular formula is C20H24N4O4S. The molecule has 2 amide bonds. The second kappa shape index (κ2) is 11.2. The third-order valence-electron chi connectivity index (χ3n) is 3.88. The minimum atomic E-state index is -1.09. The number of aliphatic carboxylic acids is 1. The Bertz CT molecular complexity index is 821. The van der Waals surface area contributed by atoms with Crippen LogP contribution in [-0.4, -0.2) is 45.6 Å². The molecule has 1 saturated heterocycles. The monoisotopic (exact) mass is 416 g/mol. The van der Waals surface area contributed by atoms with Crippen molar-refractivity contribution >= 4 is 47.0 Å². The number of amidine groups is 1. The van der Waals surface area contributed by atoms with Gasteiger partial charge in [0.2, 0.25) is 11.8 Å². The smallest absolute Gasteiger partial charge is 0.326 e. The van der Waals surface area contributed by atoms with Crippen molar-refractivity contribution in [2.45, 2.75) is 38.0 Å². The molecule has 0 aromatic heterocycles. The van der Waals surface area contributed by atoms with E-state index in [-0.39, 0.29) is 18.2 Å². The highest BCUT2D eigenvalue weighted by Gasteiger charge is 2.33. The average Bonchev–Trinajstić information content (AvgIpc) is 3.00. The van der Waals surface area contributed by atoms with Crippen molar-refractivity contribution in [2.24, 2.45) is 16.1 Å². The predicted octanol–water partition coefficient (Wildman–Crippen LogP) is 2.28. The molecule has 1 aliphatic heterocycles. The van der Waals surface area contributed by atoms with Gasteiger partial charge < -0.3 is 15.7 Å². The lowest BCUT2D eigenvalue weighted by Crippen LogP contribution is -2.43. The highest BCUT2D eigenvalue weighted by molar-refractivity contribution is 8.15. The molecule has 0 spiro atoms. The Morgan fingerprint density at radius 2 is 2.03 bits per heavy atom. The van der Waals surface area contributed by atoms with Gasteiger partial charge in [0.25, 0.3) is 0 Å². The van der Waals surface area contributed by atoms with Crippen molar-refractivity contribution in [1.29, 1.82) is 0 Å². The first kappa shape index (κ1) is 22.4. The maximum absolute atomic E-state index is 12.1. The molecule has 1 aromatic carbocycles. The van der Waals surface area contributed by atoms with Crippen LogP contribution >= 0.6 is 11.8 Å². The first-order valence-corrected chi connectivity index (χ1v) is 10.1. The van der Waals surface area contributed by atoms with E-state index in [1.807, 2.05) is 50.3 Å². The minimum Gasteiger partial charge on any atom is -0.480 e. The van der Waals surface area contributed by atoms with E-state index < -0.39 is 23.2 Å². The molecule has 1 aromatic rings. The molecule has 1 heterocycles. The summed E-state index contributed by atoms with van der Waals surface area (Å²) in [4.78, 5) is 35.4. The highest BCUT2D eigenvalue weighted by Crippen LogP contribution is 2.22. The van der Waals surface area contributed by atoms with Crippen LogP contribution in [0.25, 0.3) is 6.08 Å². The number of amides is 2. The van der Waals surface area contributed by atoms with Crippen LogP contribution in [0.4, 0.5) is 0 Å². The SMILES string of the molecule is CC(C)C[C@@H](NC(=O)C[C@@H]1S\C(=N/N=C\C=C\c2ccccc2)NC1=O)C(=O)O. The molecule has 0 bridgehead atoms. The number of carbonyl (C=O) groups excluding carboxylic acids is 2. The van der Waals surface area contributed by atoms with E-state index in [1.165, 1.54) is 6.21 Å². The molecule has 0 unspecified atom stereocenters. The van der Waals surface area contributed by atoms with E-state index in [4.69, 9.17) is 0 Å². The second-order valence-electron chi connectivity index (χ2n) is 6.83. The molecule has 3 N–H and O–H groups in total. The molecule has 2 rings (SSSR count). The molecule has 29 heavy (non-hydrogen) atoms. The molecule has 0 radical (unpaired) electrons. The molecule has 0 aliphatic carbocycles. The molecular weight excluding hydrogens is 392 g/mol. The maximum atomic E-state index is 12.1. The Balaban J connectivity index is 1.85. The first-order chi connectivity index (χ1) is 13.8.